The van der Waals surface area contributed by atoms with E-state index in [-0.39, 0.29) is 17.2 Å². The minimum Gasteiger partial charge on any atom is -0.370 e. The predicted molar refractivity (Wildman–Crippen MR) is 88.1 cm³/mol. The summed E-state index contributed by atoms with van der Waals surface area (Å²) in [6, 6.07) is 8.03. The van der Waals surface area contributed by atoms with Crippen molar-refractivity contribution in [3.8, 4) is 0 Å². The quantitative estimate of drug-likeness (QED) is 0.926. The van der Waals surface area contributed by atoms with Gasteiger partial charge in [-0.05, 0) is 29.3 Å². The Morgan fingerprint density at radius 2 is 2.33 bits per heavy atom. The van der Waals surface area contributed by atoms with Crippen molar-refractivity contribution in [3.05, 3.63) is 64.7 Å². The Morgan fingerprint density at radius 3 is 3.08 bits per heavy atom. The highest BCUT2D eigenvalue weighted by Gasteiger charge is 2.25. The predicted octanol–water partition coefficient (Wildman–Crippen LogP) is 3.16. The molecule has 0 saturated carbocycles. The second-order valence-electron chi connectivity index (χ2n) is 5.50. The molecule has 1 N–H and O–H groups in total. The summed E-state index contributed by atoms with van der Waals surface area (Å²) in [7, 11) is 0. The lowest BCUT2D eigenvalue weighted by Gasteiger charge is -2.33. The number of urea groups is 1. The zero-order valence-corrected chi connectivity index (χ0v) is 13.7. The van der Waals surface area contributed by atoms with E-state index in [1.54, 1.807) is 29.4 Å². The summed E-state index contributed by atoms with van der Waals surface area (Å²) < 4.78 is 19.0. The van der Waals surface area contributed by atoms with Gasteiger partial charge in [-0.1, -0.05) is 23.7 Å². The number of hydrogen-bond donors (Lipinski definition) is 1. The van der Waals surface area contributed by atoms with Crippen LogP contribution in [0.4, 0.5) is 9.18 Å². The summed E-state index contributed by atoms with van der Waals surface area (Å²) >= 11 is 5.82. The minimum absolute atomic E-state index is 0.0502. The number of pyridine rings is 1. The monoisotopic (exact) mass is 349 g/mol. The van der Waals surface area contributed by atoms with Gasteiger partial charge in [0.2, 0.25) is 0 Å². The minimum atomic E-state index is -0.470. The van der Waals surface area contributed by atoms with Crippen LogP contribution in [0.2, 0.25) is 5.02 Å². The van der Waals surface area contributed by atoms with Crippen LogP contribution in [-0.2, 0) is 11.3 Å². The van der Waals surface area contributed by atoms with Crippen molar-refractivity contribution < 1.29 is 13.9 Å². The van der Waals surface area contributed by atoms with E-state index in [0.29, 0.717) is 26.2 Å². The first kappa shape index (κ1) is 16.7. The van der Waals surface area contributed by atoms with Crippen LogP contribution < -0.4 is 5.32 Å². The molecule has 0 aliphatic carbocycles. The lowest BCUT2D eigenvalue weighted by atomic mass is 10.1. The molecule has 24 heavy (non-hydrogen) atoms. The van der Waals surface area contributed by atoms with Gasteiger partial charge in [0.1, 0.15) is 11.9 Å². The highest BCUT2D eigenvalue weighted by molar-refractivity contribution is 6.30. The molecule has 1 atom stereocenters. The molecular formula is C17H17ClFN3O2. The number of nitrogens with zero attached hydrogens (tertiary/aromatic N) is 2. The Balaban J connectivity index is 1.60. The highest BCUT2D eigenvalue weighted by atomic mass is 35.5. The molecule has 2 heterocycles. The van der Waals surface area contributed by atoms with Crippen LogP contribution in [0.1, 0.15) is 17.2 Å². The van der Waals surface area contributed by atoms with Crippen molar-refractivity contribution in [2.75, 3.05) is 19.7 Å². The number of carbonyl (C=O) groups excluding carboxylic acids is 1. The van der Waals surface area contributed by atoms with Crippen LogP contribution in [0, 0.1) is 5.82 Å². The molecule has 5 nitrogen and oxygen atoms in total. The van der Waals surface area contributed by atoms with Crippen LogP contribution in [-0.4, -0.2) is 35.6 Å². The first-order valence-electron chi connectivity index (χ1n) is 7.62. The van der Waals surface area contributed by atoms with E-state index in [4.69, 9.17) is 16.3 Å². The summed E-state index contributed by atoms with van der Waals surface area (Å²) in [5.74, 6) is -0.470. The zero-order chi connectivity index (χ0) is 16.9. The molecule has 0 radical (unpaired) electrons. The molecule has 1 fully saturated rings. The van der Waals surface area contributed by atoms with Crippen molar-refractivity contribution in [3.63, 3.8) is 0 Å². The maximum absolute atomic E-state index is 13.3. The number of carbonyl (C=O) groups is 1. The fourth-order valence-electron chi connectivity index (χ4n) is 2.54. The van der Waals surface area contributed by atoms with Crippen LogP contribution in [0.3, 0.4) is 0 Å². The van der Waals surface area contributed by atoms with Gasteiger partial charge in [0, 0.05) is 25.5 Å². The van der Waals surface area contributed by atoms with Gasteiger partial charge in [0.15, 0.2) is 0 Å². The van der Waals surface area contributed by atoms with E-state index in [1.807, 2.05) is 12.1 Å². The normalized spacial score (nSPS) is 17.6. The highest BCUT2D eigenvalue weighted by Crippen LogP contribution is 2.26. The topological polar surface area (TPSA) is 54.5 Å². The molecule has 2 amide bonds. The van der Waals surface area contributed by atoms with Gasteiger partial charge < -0.3 is 15.0 Å². The van der Waals surface area contributed by atoms with Gasteiger partial charge in [0.25, 0.3) is 0 Å². The molecule has 1 aliphatic rings. The van der Waals surface area contributed by atoms with E-state index < -0.39 is 5.82 Å². The van der Waals surface area contributed by atoms with Gasteiger partial charge in [-0.15, -0.1) is 0 Å². The molecule has 1 saturated heterocycles. The van der Waals surface area contributed by atoms with E-state index in [9.17, 15) is 9.18 Å². The van der Waals surface area contributed by atoms with Crippen LogP contribution in [0.5, 0.6) is 0 Å². The van der Waals surface area contributed by atoms with Crippen molar-refractivity contribution in [2.45, 2.75) is 12.6 Å². The lowest BCUT2D eigenvalue weighted by Crippen LogP contribution is -2.46. The van der Waals surface area contributed by atoms with Gasteiger partial charge >= 0.3 is 6.03 Å². The lowest BCUT2D eigenvalue weighted by molar-refractivity contribution is -0.0155. The number of amides is 2. The first-order chi connectivity index (χ1) is 11.6. The fraction of sp³-hybridized carbons (Fsp3) is 0.294. The average Bonchev–Trinajstić information content (AvgIpc) is 2.63. The number of benzene rings is 1. The molecule has 7 heteroatoms. The Kier molecular flexibility index (Phi) is 5.27. The first-order valence-corrected chi connectivity index (χ1v) is 7.99. The Bertz CT molecular complexity index is 714. The number of halogens is 2. The van der Waals surface area contributed by atoms with E-state index in [0.717, 1.165) is 11.1 Å². The molecule has 0 spiro atoms. The molecule has 1 aromatic heterocycles. The largest absolute Gasteiger partial charge is 0.370 e. The third kappa shape index (κ3) is 4.01. The van der Waals surface area contributed by atoms with Gasteiger partial charge in [-0.25, -0.2) is 9.18 Å². The van der Waals surface area contributed by atoms with Crippen LogP contribution >= 0.6 is 11.6 Å². The molecule has 1 aliphatic heterocycles. The fourth-order valence-corrected chi connectivity index (χ4v) is 2.73. The third-order valence-electron chi connectivity index (χ3n) is 3.84. The van der Waals surface area contributed by atoms with Crippen molar-refractivity contribution in [1.82, 2.24) is 15.2 Å². The SMILES string of the molecule is O=C(NCc1cccnc1)N1CCOC(c2ccc(F)c(Cl)c2)C1. The molecular weight excluding hydrogens is 333 g/mol. The van der Waals surface area contributed by atoms with Crippen LogP contribution in [0.15, 0.2) is 42.7 Å². The molecule has 2 aromatic rings. The molecule has 0 bridgehead atoms. The van der Waals surface area contributed by atoms with E-state index in [2.05, 4.69) is 10.3 Å². The van der Waals surface area contributed by atoms with Gasteiger partial charge in [-0.2, -0.15) is 0 Å². The summed E-state index contributed by atoms with van der Waals surface area (Å²) in [6.07, 6.45) is 3.08. The Hall–Kier alpha value is -2.18. The second kappa shape index (κ2) is 7.59. The molecule has 126 valence electrons. The number of hydrogen-bond acceptors (Lipinski definition) is 3. The maximum Gasteiger partial charge on any atom is 0.317 e. The average molecular weight is 350 g/mol. The second-order valence-corrected chi connectivity index (χ2v) is 5.91. The Morgan fingerprint density at radius 1 is 1.46 bits per heavy atom. The summed E-state index contributed by atoms with van der Waals surface area (Å²) in [6.45, 7) is 1.72. The maximum atomic E-state index is 13.3. The van der Waals surface area contributed by atoms with E-state index in [1.165, 1.54) is 6.07 Å². The summed E-state index contributed by atoms with van der Waals surface area (Å²) in [5, 5.41) is 2.92. The summed E-state index contributed by atoms with van der Waals surface area (Å²) in [4.78, 5) is 18.0. The van der Waals surface area contributed by atoms with Crippen molar-refractivity contribution in [2.24, 2.45) is 0 Å². The number of morpholine rings is 1. The number of rotatable bonds is 3. The Labute approximate surface area is 144 Å². The standard InChI is InChI=1S/C17H17ClFN3O2/c18-14-8-13(3-4-15(14)19)16-11-22(6-7-24-16)17(23)21-10-12-2-1-5-20-9-12/h1-5,8-9,16H,6-7,10-11H2,(H,21,23). The number of aromatic nitrogens is 1. The van der Waals surface area contributed by atoms with Crippen LogP contribution in [0.25, 0.3) is 0 Å². The van der Waals surface area contributed by atoms with E-state index >= 15 is 0 Å². The van der Waals surface area contributed by atoms with Gasteiger partial charge in [-0.3, -0.25) is 4.98 Å². The zero-order valence-electron chi connectivity index (χ0n) is 12.9. The number of ether oxygens (including phenoxy) is 1. The van der Waals surface area contributed by atoms with Crippen molar-refractivity contribution in [1.29, 1.82) is 0 Å². The molecule has 1 aromatic carbocycles. The smallest absolute Gasteiger partial charge is 0.317 e. The summed E-state index contributed by atoms with van der Waals surface area (Å²) in [5.41, 5.74) is 1.69. The van der Waals surface area contributed by atoms with Crippen molar-refractivity contribution >= 4 is 17.6 Å². The molecule has 1 unspecified atom stereocenters. The number of nitrogens with one attached hydrogen (secondary N) is 1. The molecule has 3 rings (SSSR count). The third-order valence-corrected chi connectivity index (χ3v) is 4.13. The van der Waals surface area contributed by atoms with Gasteiger partial charge in [0.05, 0.1) is 18.2 Å².